The minimum Gasteiger partial charge on any atom is -0.490 e. The summed E-state index contributed by atoms with van der Waals surface area (Å²) in [7, 11) is 0. The van der Waals surface area contributed by atoms with E-state index in [-0.39, 0.29) is 12.4 Å². The van der Waals surface area contributed by atoms with Crippen molar-refractivity contribution in [3.63, 3.8) is 0 Å². The van der Waals surface area contributed by atoms with Crippen LogP contribution in [0.5, 0.6) is 5.75 Å². The van der Waals surface area contributed by atoms with Crippen LogP contribution in [0.4, 0.5) is 8.78 Å². The van der Waals surface area contributed by atoms with Crippen molar-refractivity contribution >= 4 is 5.91 Å². The molecule has 0 saturated carbocycles. The summed E-state index contributed by atoms with van der Waals surface area (Å²) in [6.07, 6.45) is 3.36. The average molecular weight is 374 g/mol. The van der Waals surface area contributed by atoms with Gasteiger partial charge in [0.1, 0.15) is 11.4 Å². The number of halogens is 2. The number of benzene rings is 2. The van der Waals surface area contributed by atoms with Crippen molar-refractivity contribution in [2.45, 2.75) is 39.5 Å². The van der Waals surface area contributed by atoms with Gasteiger partial charge < -0.3 is 10.5 Å². The minimum atomic E-state index is -1.16. The van der Waals surface area contributed by atoms with Crippen LogP contribution >= 0.6 is 0 Å². The molecule has 0 atom stereocenters. The van der Waals surface area contributed by atoms with E-state index in [1.54, 1.807) is 12.1 Å². The SMILES string of the molecule is CC.N#Cc1ccc(CCCCCOc2ccc(F)c(C(N)=O)c2F)cc1. The molecule has 6 heteroatoms. The topological polar surface area (TPSA) is 76.1 Å². The first-order chi connectivity index (χ1) is 13.0. The number of nitrogens with two attached hydrogens (primary N) is 1. The van der Waals surface area contributed by atoms with Gasteiger partial charge in [0.2, 0.25) is 0 Å². The molecule has 2 aromatic rings. The van der Waals surface area contributed by atoms with Gasteiger partial charge in [0.05, 0.1) is 18.2 Å². The third-order valence-electron chi connectivity index (χ3n) is 3.75. The molecular formula is C21H24F2N2O2. The van der Waals surface area contributed by atoms with Crippen LogP contribution in [0.1, 0.15) is 54.6 Å². The molecule has 4 nitrogen and oxygen atoms in total. The molecule has 2 N–H and O–H groups in total. The molecule has 0 heterocycles. The summed E-state index contributed by atoms with van der Waals surface area (Å²) >= 11 is 0. The van der Waals surface area contributed by atoms with Crippen molar-refractivity contribution in [2.24, 2.45) is 5.73 Å². The molecule has 0 bridgehead atoms. The predicted molar refractivity (Wildman–Crippen MR) is 100 cm³/mol. The second kappa shape index (κ2) is 11.6. The Morgan fingerprint density at radius 3 is 2.33 bits per heavy atom. The van der Waals surface area contributed by atoms with Crippen LogP contribution in [-0.4, -0.2) is 12.5 Å². The fraction of sp³-hybridized carbons (Fsp3) is 0.333. The predicted octanol–water partition coefficient (Wildman–Crippen LogP) is 4.75. The van der Waals surface area contributed by atoms with Gasteiger partial charge in [-0.1, -0.05) is 26.0 Å². The smallest absolute Gasteiger partial charge is 0.254 e. The highest BCUT2D eigenvalue weighted by atomic mass is 19.1. The Morgan fingerprint density at radius 2 is 1.74 bits per heavy atom. The Morgan fingerprint density at radius 1 is 1.07 bits per heavy atom. The molecule has 0 aliphatic heterocycles. The highest BCUT2D eigenvalue weighted by Gasteiger charge is 2.19. The molecule has 0 aliphatic rings. The van der Waals surface area contributed by atoms with E-state index in [0.717, 1.165) is 37.0 Å². The van der Waals surface area contributed by atoms with Gasteiger partial charge in [-0.15, -0.1) is 0 Å². The molecule has 0 aliphatic carbocycles. The Hall–Kier alpha value is -2.94. The van der Waals surface area contributed by atoms with Crippen LogP contribution in [0.2, 0.25) is 0 Å². The fourth-order valence-corrected chi connectivity index (χ4v) is 2.41. The summed E-state index contributed by atoms with van der Waals surface area (Å²) in [5.74, 6) is -3.41. The molecule has 0 aromatic heterocycles. The van der Waals surface area contributed by atoms with Crippen LogP contribution in [0, 0.1) is 23.0 Å². The van der Waals surface area contributed by atoms with Crippen molar-refractivity contribution in [2.75, 3.05) is 6.61 Å². The standard InChI is InChI=1S/C19H18F2N2O2.C2H6/c20-15-9-10-16(18(21)17(15)19(23)24)25-11-3-1-2-4-13-5-7-14(12-22)8-6-13;1-2/h5-10H,1-4,11H2,(H2,23,24);1-2H3. The van der Waals surface area contributed by atoms with Crippen molar-refractivity contribution in [1.29, 1.82) is 5.26 Å². The summed E-state index contributed by atoms with van der Waals surface area (Å²) in [5.41, 5.74) is 5.96. The first-order valence-corrected chi connectivity index (χ1v) is 8.92. The molecule has 0 saturated heterocycles. The van der Waals surface area contributed by atoms with Crippen LogP contribution in [0.15, 0.2) is 36.4 Å². The van der Waals surface area contributed by atoms with Gasteiger partial charge in [0, 0.05) is 0 Å². The molecule has 0 fully saturated rings. The quantitative estimate of drug-likeness (QED) is 0.677. The maximum Gasteiger partial charge on any atom is 0.254 e. The summed E-state index contributed by atoms with van der Waals surface area (Å²) < 4.78 is 32.6. The lowest BCUT2D eigenvalue weighted by Gasteiger charge is -2.09. The number of hydrogen-bond acceptors (Lipinski definition) is 3. The Labute approximate surface area is 158 Å². The number of ether oxygens (including phenoxy) is 1. The number of nitriles is 1. The lowest BCUT2D eigenvalue weighted by atomic mass is 10.1. The number of carbonyl (C=O) groups excluding carboxylic acids is 1. The summed E-state index contributed by atoms with van der Waals surface area (Å²) in [6, 6.07) is 11.6. The van der Waals surface area contributed by atoms with E-state index in [4.69, 9.17) is 15.7 Å². The van der Waals surface area contributed by atoms with Crippen LogP contribution in [-0.2, 0) is 6.42 Å². The number of aryl methyl sites for hydroxylation is 1. The monoisotopic (exact) mass is 374 g/mol. The van der Waals surface area contributed by atoms with Gasteiger partial charge >= 0.3 is 0 Å². The average Bonchev–Trinajstić information content (AvgIpc) is 2.68. The van der Waals surface area contributed by atoms with Gasteiger partial charge in [-0.25, -0.2) is 8.78 Å². The summed E-state index contributed by atoms with van der Waals surface area (Å²) in [4.78, 5) is 11.1. The van der Waals surface area contributed by atoms with Crippen LogP contribution in [0.3, 0.4) is 0 Å². The fourth-order valence-electron chi connectivity index (χ4n) is 2.41. The second-order valence-corrected chi connectivity index (χ2v) is 5.57. The first-order valence-electron chi connectivity index (χ1n) is 8.92. The normalized spacial score (nSPS) is 9.74. The zero-order valence-corrected chi connectivity index (χ0v) is 15.6. The number of unbranched alkanes of at least 4 members (excludes halogenated alkanes) is 2. The summed E-state index contributed by atoms with van der Waals surface area (Å²) in [6.45, 7) is 4.26. The van der Waals surface area contributed by atoms with Gasteiger partial charge in [0.25, 0.3) is 5.91 Å². The number of carbonyl (C=O) groups is 1. The van der Waals surface area contributed by atoms with Gasteiger partial charge in [-0.05, 0) is 55.5 Å². The van der Waals surface area contributed by atoms with Crippen molar-refractivity contribution in [1.82, 2.24) is 0 Å². The molecule has 27 heavy (non-hydrogen) atoms. The van der Waals surface area contributed by atoms with Crippen LogP contribution < -0.4 is 10.5 Å². The van der Waals surface area contributed by atoms with Gasteiger partial charge in [-0.2, -0.15) is 5.26 Å². The zero-order valence-electron chi connectivity index (χ0n) is 15.6. The number of amides is 1. The Balaban J connectivity index is 0.00000176. The van der Waals surface area contributed by atoms with E-state index >= 15 is 0 Å². The maximum atomic E-state index is 14.0. The number of nitrogens with zero attached hydrogens (tertiary/aromatic N) is 1. The van der Waals surface area contributed by atoms with Crippen molar-refractivity contribution < 1.29 is 18.3 Å². The van der Waals surface area contributed by atoms with E-state index in [2.05, 4.69) is 6.07 Å². The third kappa shape index (κ3) is 6.70. The van der Waals surface area contributed by atoms with Crippen molar-refractivity contribution in [3.05, 3.63) is 64.7 Å². The largest absolute Gasteiger partial charge is 0.490 e. The van der Waals surface area contributed by atoms with E-state index in [1.165, 1.54) is 0 Å². The third-order valence-corrected chi connectivity index (χ3v) is 3.75. The molecule has 0 radical (unpaired) electrons. The zero-order chi connectivity index (χ0) is 20.2. The van der Waals surface area contributed by atoms with Gasteiger partial charge in [-0.3, -0.25) is 4.79 Å². The first kappa shape index (κ1) is 22.1. The van der Waals surface area contributed by atoms with Gasteiger partial charge in [0.15, 0.2) is 11.6 Å². The maximum absolute atomic E-state index is 14.0. The van der Waals surface area contributed by atoms with Crippen LogP contribution in [0.25, 0.3) is 0 Å². The van der Waals surface area contributed by atoms with E-state index in [1.807, 2.05) is 26.0 Å². The Bertz CT molecular complexity index is 784. The molecule has 2 aromatic carbocycles. The van der Waals surface area contributed by atoms with Crippen molar-refractivity contribution in [3.8, 4) is 11.8 Å². The number of hydrogen-bond donors (Lipinski definition) is 1. The molecule has 1 amide bonds. The number of primary amides is 1. The highest BCUT2D eigenvalue weighted by Crippen LogP contribution is 2.23. The number of rotatable bonds is 8. The van der Waals surface area contributed by atoms with E-state index in [0.29, 0.717) is 12.0 Å². The highest BCUT2D eigenvalue weighted by molar-refractivity contribution is 5.93. The minimum absolute atomic E-state index is 0.178. The molecule has 0 spiro atoms. The molecule has 2 rings (SSSR count). The molecule has 0 unspecified atom stereocenters. The summed E-state index contributed by atoms with van der Waals surface area (Å²) in [5, 5.41) is 8.74. The lowest BCUT2D eigenvalue weighted by molar-refractivity contribution is 0.0991. The van der Waals surface area contributed by atoms with E-state index < -0.39 is 23.1 Å². The second-order valence-electron chi connectivity index (χ2n) is 5.57. The lowest BCUT2D eigenvalue weighted by Crippen LogP contribution is -2.16. The van der Waals surface area contributed by atoms with E-state index in [9.17, 15) is 13.6 Å². The molecule has 144 valence electrons. The Kier molecular flexibility index (Phi) is 9.52. The molecular weight excluding hydrogens is 350 g/mol.